The van der Waals surface area contributed by atoms with Crippen LogP contribution in [-0.2, 0) is 0 Å². The fourth-order valence-electron chi connectivity index (χ4n) is 11.2. The molecule has 69 heavy (non-hydrogen) atoms. The van der Waals surface area contributed by atoms with E-state index < -0.39 is 0 Å². The van der Waals surface area contributed by atoms with E-state index in [0.29, 0.717) is 0 Å². The van der Waals surface area contributed by atoms with Crippen LogP contribution >= 0.6 is 11.3 Å². The Balaban J connectivity index is 1.11. The Bertz CT molecular complexity index is 4270. The maximum Gasteiger partial charge on any atom is 0.0542 e. The second-order valence-electron chi connectivity index (χ2n) is 17.9. The minimum absolute atomic E-state index is 1.08. The Morgan fingerprint density at radius 2 is 0.725 bits per heavy atom. The molecular weight excluding hydrogens is 853 g/mol. The lowest BCUT2D eigenvalue weighted by Crippen LogP contribution is -2.13. The highest BCUT2D eigenvalue weighted by molar-refractivity contribution is 7.26. The van der Waals surface area contributed by atoms with E-state index in [1.807, 2.05) is 11.3 Å². The normalized spacial score (nSPS) is 12.0. The Morgan fingerprint density at radius 1 is 0.261 bits per heavy atom. The van der Waals surface area contributed by atoms with Gasteiger partial charge in [0.2, 0.25) is 0 Å². The topological polar surface area (TPSA) is 6.48 Å². The molecule has 0 amide bonds. The van der Waals surface area contributed by atoms with Gasteiger partial charge in [-0.1, -0.05) is 182 Å². The summed E-state index contributed by atoms with van der Waals surface area (Å²) in [6.45, 7) is 0. The van der Waals surface area contributed by atoms with E-state index in [1.54, 1.807) is 0 Å². The smallest absolute Gasteiger partial charge is 0.0542 e. The van der Waals surface area contributed by atoms with Crippen molar-refractivity contribution >= 4 is 119 Å². The molecule has 0 atom stereocenters. The highest BCUT2D eigenvalue weighted by Crippen LogP contribution is 2.53. The minimum Gasteiger partial charge on any atom is -0.310 e. The molecule has 3 heteroatoms. The van der Waals surface area contributed by atoms with Crippen LogP contribution in [0.25, 0.3) is 96.3 Å². The first-order valence-electron chi connectivity index (χ1n) is 23.7. The predicted molar refractivity (Wildman–Crippen MR) is 298 cm³/mol. The highest BCUT2D eigenvalue weighted by atomic mass is 32.1. The van der Waals surface area contributed by atoms with Crippen molar-refractivity contribution in [1.82, 2.24) is 0 Å². The molecule has 0 fully saturated rings. The second-order valence-corrected chi connectivity index (χ2v) is 19.0. The van der Waals surface area contributed by atoms with Gasteiger partial charge in [-0.25, -0.2) is 0 Å². The van der Waals surface area contributed by atoms with Gasteiger partial charge < -0.3 is 9.80 Å². The van der Waals surface area contributed by atoms with E-state index in [9.17, 15) is 0 Å². The van der Waals surface area contributed by atoms with Crippen molar-refractivity contribution in [2.45, 2.75) is 0 Å². The fourth-order valence-corrected chi connectivity index (χ4v) is 12.3. The number of hydrogen-bond donors (Lipinski definition) is 0. The van der Waals surface area contributed by atoms with E-state index in [4.69, 9.17) is 0 Å². The maximum absolute atomic E-state index is 2.45. The molecule has 0 spiro atoms. The summed E-state index contributed by atoms with van der Waals surface area (Å²) in [6, 6.07) is 94.2. The van der Waals surface area contributed by atoms with Gasteiger partial charge in [0, 0.05) is 54.0 Å². The van der Waals surface area contributed by atoms with E-state index in [1.165, 1.54) is 96.3 Å². The molecule has 2 heterocycles. The van der Waals surface area contributed by atoms with E-state index in [-0.39, 0.29) is 0 Å². The monoisotopic (exact) mass is 894 g/mol. The molecule has 0 saturated carbocycles. The Morgan fingerprint density at radius 3 is 1.43 bits per heavy atom. The van der Waals surface area contributed by atoms with E-state index in [2.05, 4.69) is 265 Å². The van der Waals surface area contributed by atoms with Gasteiger partial charge in [0.1, 0.15) is 0 Å². The average molecular weight is 895 g/mol. The van der Waals surface area contributed by atoms with Gasteiger partial charge in [-0.2, -0.15) is 0 Å². The van der Waals surface area contributed by atoms with Crippen molar-refractivity contribution in [2.75, 3.05) is 9.80 Å². The average Bonchev–Trinajstić information content (AvgIpc) is 3.75. The number of fused-ring (bicyclic) bond motifs is 19. The van der Waals surface area contributed by atoms with Crippen molar-refractivity contribution < 1.29 is 0 Å². The van der Waals surface area contributed by atoms with Gasteiger partial charge in [0.25, 0.3) is 0 Å². The van der Waals surface area contributed by atoms with Crippen molar-refractivity contribution in [3.05, 3.63) is 255 Å². The summed E-state index contributed by atoms with van der Waals surface area (Å²) in [6.07, 6.45) is 0. The van der Waals surface area contributed by atoms with Gasteiger partial charge in [-0.15, -0.1) is 11.3 Å². The molecule has 12 aromatic carbocycles. The van der Waals surface area contributed by atoms with Crippen LogP contribution in [0.15, 0.2) is 255 Å². The van der Waals surface area contributed by atoms with Crippen molar-refractivity contribution in [1.29, 1.82) is 0 Å². The van der Waals surface area contributed by atoms with Gasteiger partial charge in [-0.05, 0) is 138 Å². The van der Waals surface area contributed by atoms with Crippen LogP contribution in [0.2, 0.25) is 0 Å². The van der Waals surface area contributed by atoms with Gasteiger partial charge >= 0.3 is 0 Å². The number of rotatable bonds is 4. The maximum atomic E-state index is 2.45. The molecule has 1 aliphatic heterocycles. The number of nitrogens with zero attached hydrogens (tertiary/aromatic N) is 2. The highest BCUT2D eigenvalue weighted by Gasteiger charge is 2.27. The molecule has 2 nitrogen and oxygen atoms in total. The summed E-state index contributed by atoms with van der Waals surface area (Å²) >= 11 is 1.88. The zero-order chi connectivity index (χ0) is 45.4. The summed E-state index contributed by atoms with van der Waals surface area (Å²) in [7, 11) is 0. The third-order valence-electron chi connectivity index (χ3n) is 14.2. The quantitative estimate of drug-likeness (QED) is 0.174. The predicted octanol–water partition coefficient (Wildman–Crippen LogP) is 19.5. The lowest BCUT2D eigenvalue weighted by Gasteiger charge is -2.30. The summed E-state index contributed by atoms with van der Waals surface area (Å²) < 4.78 is 2.59. The molecule has 0 unspecified atom stereocenters. The van der Waals surface area contributed by atoms with Gasteiger partial charge in [0.15, 0.2) is 0 Å². The number of para-hydroxylation sites is 3. The molecule has 322 valence electrons. The van der Waals surface area contributed by atoms with Crippen molar-refractivity contribution in [3.63, 3.8) is 0 Å². The van der Waals surface area contributed by atoms with Crippen LogP contribution in [0.5, 0.6) is 0 Å². The molecular formula is C66H42N2S. The molecule has 13 aromatic rings. The minimum atomic E-state index is 1.08. The van der Waals surface area contributed by atoms with Crippen LogP contribution < -0.4 is 9.80 Å². The summed E-state index contributed by atoms with van der Waals surface area (Å²) in [5.74, 6) is 0. The zero-order valence-electron chi connectivity index (χ0n) is 37.6. The first-order chi connectivity index (χ1) is 34.3. The fraction of sp³-hybridized carbons (Fsp3) is 0. The van der Waals surface area contributed by atoms with E-state index >= 15 is 0 Å². The number of anilines is 6. The number of benzene rings is 11. The summed E-state index contributed by atoms with van der Waals surface area (Å²) in [5.41, 5.74) is 11.5. The first-order valence-corrected chi connectivity index (χ1v) is 24.5. The van der Waals surface area contributed by atoms with Crippen molar-refractivity contribution in [2.24, 2.45) is 0 Å². The summed E-state index contributed by atoms with van der Waals surface area (Å²) in [4.78, 5) is 4.87. The third kappa shape index (κ3) is 6.25. The van der Waals surface area contributed by atoms with Crippen LogP contribution in [0.1, 0.15) is 0 Å². The molecule has 0 aliphatic carbocycles. The Hall–Kier alpha value is -8.76. The Kier molecular flexibility index (Phi) is 9.11. The molecule has 1 aromatic heterocycles. The SMILES string of the molecule is c1ccc(N(c2ccc3c(c2)-c2ccccc2-c2ccccc2N3c2ccccc2)c2ccc3c(c2)c2ccccc2c2ccccc2c2ccccc2c2c3ccc3sc4ccccc4c32)cc1. The molecule has 0 bridgehead atoms. The standard InChI is InChI=1S/C66H42N2S/c1-3-19-43(20-4-1)67(46-36-39-62-60(42-46)53-29-12-10-26-50(53)55-30-15-17-33-61(55)68(62)44-21-5-2-6-22-44)45-35-37-54-57-38-40-64-66(58-32-16-18-34-63(58)69-64)65(57)56-31-14-13-27-51(56)48-24-8-7-23-47(48)49-25-9-11-28-52(49)59(54)41-45/h1-42H. The first kappa shape index (κ1) is 39.4. The van der Waals surface area contributed by atoms with Crippen LogP contribution in [0.3, 0.4) is 0 Å². The molecule has 1 aliphatic rings. The van der Waals surface area contributed by atoms with Gasteiger partial charge in [-0.3, -0.25) is 0 Å². The molecule has 14 rings (SSSR count). The third-order valence-corrected chi connectivity index (χ3v) is 15.3. The largest absolute Gasteiger partial charge is 0.310 e. The molecule has 0 N–H and O–H groups in total. The second kappa shape index (κ2) is 16.0. The van der Waals surface area contributed by atoms with Crippen LogP contribution in [-0.4, -0.2) is 0 Å². The van der Waals surface area contributed by atoms with Crippen LogP contribution in [0, 0.1) is 0 Å². The Labute approximate surface area is 404 Å². The molecule has 0 saturated heterocycles. The lowest BCUT2D eigenvalue weighted by molar-refractivity contribution is 1.27. The van der Waals surface area contributed by atoms with Crippen LogP contribution in [0.4, 0.5) is 34.1 Å². The molecule has 0 radical (unpaired) electrons. The lowest BCUT2D eigenvalue weighted by atomic mass is 9.92. The number of hydrogen-bond acceptors (Lipinski definition) is 3. The van der Waals surface area contributed by atoms with Crippen molar-refractivity contribution in [3.8, 4) is 22.3 Å². The van der Waals surface area contributed by atoms with E-state index in [0.717, 1.165) is 34.1 Å². The zero-order valence-corrected chi connectivity index (χ0v) is 38.4. The number of thiophene rings is 1. The summed E-state index contributed by atoms with van der Waals surface area (Å²) in [5, 5.41) is 14.8. The van der Waals surface area contributed by atoms with Gasteiger partial charge in [0.05, 0.1) is 11.4 Å².